The van der Waals surface area contributed by atoms with Crippen molar-refractivity contribution in [1.82, 2.24) is 0 Å². The SMILES string of the molecule is CC(CO)c1ccc(C(C)CO)c(C(C)CO)c1. The highest BCUT2D eigenvalue weighted by Gasteiger charge is 2.16. The Bertz CT molecular complexity index is 376. The highest BCUT2D eigenvalue weighted by molar-refractivity contribution is 5.38. The molecule has 0 amide bonds. The first-order chi connectivity index (χ1) is 8.54. The highest BCUT2D eigenvalue weighted by atomic mass is 16.3. The van der Waals surface area contributed by atoms with Crippen LogP contribution >= 0.6 is 0 Å². The quantitative estimate of drug-likeness (QED) is 0.725. The largest absolute Gasteiger partial charge is 0.396 e. The zero-order valence-electron chi connectivity index (χ0n) is 11.4. The van der Waals surface area contributed by atoms with Crippen LogP contribution in [0.5, 0.6) is 0 Å². The van der Waals surface area contributed by atoms with Crippen molar-refractivity contribution in [3.8, 4) is 0 Å². The average molecular weight is 252 g/mol. The van der Waals surface area contributed by atoms with Gasteiger partial charge in [-0.25, -0.2) is 0 Å². The Morgan fingerprint density at radius 3 is 1.78 bits per heavy atom. The number of hydrogen-bond acceptors (Lipinski definition) is 3. The summed E-state index contributed by atoms with van der Waals surface area (Å²) in [5.41, 5.74) is 3.21. The van der Waals surface area contributed by atoms with Crippen LogP contribution in [0, 0.1) is 0 Å². The van der Waals surface area contributed by atoms with Crippen molar-refractivity contribution in [2.24, 2.45) is 0 Å². The minimum absolute atomic E-state index is 0.0415. The van der Waals surface area contributed by atoms with Crippen LogP contribution in [0.25, 0.3) is 0 Å². The van der Waals surface area contributed by atoms with Crippen molar-refractivity contribution in [2.45, 2.75) is 38.5 Å². The summed E-state index contributed by atoms with van der Waals surface area (Å²) in [6.07, 6.45) is 0. The molecule has 0 saturated heterocycles. The molecule has 0 bridgehead atoms. The molecular weight excluding hydrogens is 228 g/mol. The lowest BCUT2D eigenvalue weighted by Gasteiger charge is -2.21. The molecule has 0 saturated carbocycles. The Morgan fingerprint density at radius 2 is 1.28 bits per heavy atom. The lowest BCUT2D eigenvalue weighted by atomic mass is 9.86. The van der Waals surface area contributed by atoms with Gasteiger partial charge in [0.15, 0.2) is 0 Å². The molecule has 3 heteroatoms. The predicted molar refractivity (Wildman–Crippen MR) is 72.9 cm³/mol. The molecule has 1 rings (SSSR count). The van der Waals surface area contributed by atoms with Gasteiger partial charge >= 0.3 is 0 Å². The number of benzene rings is 1. The molecule has 0 spiro atoms. The van der Waals surface area contributed by atoms with E-state index >= 15 is 0 Å². The van der Waals surface area contributed by atoms with Crippen LogP contribution in [0.1, 0.15) is 55.2 Å². The van der Waals surface area contributed by atoms with Crippen molar-refractivity contribution in [3.63, 3.8) is 0 Å². The zero-order chi connectivity index (χ0) is 13.7. The van der Waals surface area contributed by atoms with Gasteiger partial charge in [-0.2, -0.15) is 0 Å². The van der Waals surface area contributed by atoms with Gasteiger partial charge in [0.25, 0.3) is 0 Å². The van der Waals surface area contributed by atoms with Crippen LogP contribution in [0.2, 0.25) is 0 Å². The van der Waals surface area contributed by atoms with Gasteiger partial charge in [0.2, 0.25) is 0 Å². The minimum Gasteiger partial charge on any atom is -0.396 e. The maximum atomic E-state index is 9.34. The summed E-state index contributed by atoms with van der Waals surface area (Å²) in [4.78, 5) is 0. The van der Waals surface area contributed by atoms with Gasteiger partial charge in [0, 0.05) is 37.6 Å². The molecule has 0 aliphatic heterocycles. The lowest BCUT2D eigenvalue weighted by Crippen LogP contribution is -2.10. The van der Waals surface area contributed by atoms with Crippen molar-refractivity contribution in [1.29, 1.82) is 0 Å². The Kier molecular flexibility index (Phi) is 5.79. The second kappa shape index (κ2) is 6.88. The van der Waals surface area contributed by atoms with E-state index in [0.29, 0.717) is 0 Å². The Labute approximate surface area is 109 Å². The molecule has 0 aliphatic rings. The average Bonchev–Trinajstić information content (AvgIpc) is 2.43. The second-order valence-corrected chi connectivity index (χ2v) is 5.14. The monoisotopic (exact) mass is 252 g/mol. The molecule has 18 heavy (non-hydrogen) atoms. The smallest absolute Gasteiger partial charge is 0.0497 e. The molecule has 1 aromatic rings. The van der Waals surface area contributed by atoms with Crippen molar-refractivity contribution >= 4 is 0 Å². The summed E-state index contributed by atoms with van der Waals surface area (Å²) in [5, 5.41) is 27.8. The molecule has 3 N–H and O–H groups in total. The van der Waals surface area contributed by atoms with E-state index in [0.717, 1.165) is 16.7 Å². The van der Waals surface area contributed by atoms with Crippen molar-refractivity contribution < 1.29 is 15.3 Å². The van der Waals surface area contributed by atoms with Crippen LogP contribution in [0.3, 0.4) is 0 Å². The molecule has 3 atom stereocenters. The first kappa shape index (κ1) is 15.2. The van der Waals surface area contributed by atoms with Gasteiger partial charge in [-0.1, -0.05) is 39.0 Å². The van der Waals surface area contributed by atoms with Gasteiger partial charge in [-0.05, 0) is 16.7 Å². The van der Waals surface area contributed by atoms with Gasteiger partial charge < -0.3 is 15.3 Å². The van der Waals surface area contributed by atoms with E-state index < -0.39 is 0 Å². The number of rotatable bonds is 6. The molecule has 3 nitrogen and oxygen atoms in total. The lowest BCUT2D eigenvalue weighted by molar-refractivity contribution is 0.262. The maximum absolute atomic E-state index is 9.34. The van der Waals surface area contributed by atoms with E-state index in [1.54, 1.807) is 0 Å². The normalized spacial score (nSPS) is 16.3. The van der Waals surface area contributed by atoms with Gasteiger partial charge in [-0.15, -0.1) is 0 Å². The Morgan fingerprint density at radius 1 is 0.778 bits per heavy atom. The van der Waals surface area contributed by atoms with E-state index in [1.807, 2.05) is 39.0 Å². The molecular formula is C15H24O3. The third-order valence-electron chi connectivity index (χ3n) is 3.56. The maximum Gasteiger partial charge on any atom is 0.0497 e. The summed E-state index contributed by atoms with van der Waals surface area (Å²) in [6, 6.07) is 6.04. The summed E-state index contributed by atoms with van der Waals surface area (Å²) >= 11 is 0. The first-order valence-electron chi connectivity index (χ1n) is 6.51. The van der Waals surface area contributed by atoms with E-state index in [1.165, 1.54) is 0 Å². The Hall–Kier alpha value is -0.900. The third kappa shape index (κ3) is 3.31. The zero-order valence-corrected chi connectivity index (χ0v) is 11.4. The number of aliphatic hydroxyl groups is 3. The van der Waals surface area contributed by atoms with Crippen LogP contribution in [-0.4, -0.2) is 35.1 Å². The van der Waals surface area contributed by atoms with Gasteiger partial charge in [0.1, 0.15) is 0 Å². The van der Waals surface area contributed by atoms with Crippen LogP contribution in [0.15, 0.2) is 18.2 Å². The molecule has 0 aromatic heterocycles. The summed E-state index contributed by atoms with van der Waals surface area (Å²) in [7, 11) is 0. The predicted octanol–water partition coefficient (Wildman–Crippen LogP) is 1.97. The number of aliphatic hydroxyl groups excluding tert-OH is 3. The molecule has 102 valence electrons. The minimum atomic E-state index is 0.0415. The van der Waals surface area contributed by atoms with E-state index in [2.05, 4.69) is 0 Å². The van der Waals surface area contributed by atoms with E-state index in [4.69, 9.17) is 0 Å². The summed E-state index contributed by atoms with van der Waals surface area (Å²) in [5.74, 6) is 0.195. The van der Waals surface area contributed by atoms with E-state index in [-0.39, 0.29) is 37.6 Å². The van der Waals surface area contributed by atoms with Crippen LogP contribution in [0.4, 0.5) is 0 Å². The van der Waals surface area contributed by atoms with Crippen molar-refractivity contribution in [3.05, 3.63) is 34.9 Å². The second-order valence-electron chi connectivity index (χ2n) is 5.14. The van der Waals surface area contributed by atoms with E-state index in [9.17, 15) is 15.3 Å². The standard InChI is InChI=1S/C15H24O3/c1-10(7-16)13-4-5-14(11(2)8-17)15(6-13)12(3)9-18/h4-6,10-12,16-18H,7-9H2,1-3H3. The summed E-state index contributed by atoms with van der Waals surface area (Å²) in [6.45, 7) is 6.20. The fourth-order valence-corrected chi connectivity index (χ4v) is 2.08. The topological polar surface area (TPSA) is 60.7 Å². The third-order valence-corrected chi connectivity index (χ3v) is 3.56. The molecule has 3 unspecified atom stereocenters. The molecule has 0 aliphatic carbocycles. The fraction of sp³-hybridized carbons (Fsp3) is 0.600. The molecule has 1 aromatic carbocycles. The van der Waals surface area contributed by atoms with Crippen molar-refractivity contribution in [2.75, 3.05) is 19.8 Å². The van der Waals surface area contributed by atoms with Gasteiger partial charge in [-0.3, -0.25) is 0 Å². The molecule has 0 fully saturated rings. The Balaban J connectivity index is 3.20. The molecule has 0 radical (unpaired) electrons. The van der Waals surface area contributed by atoms with Crippen LogP contribution in [-0.2, 0) is 0 Å². The fourth-order valence-electron chi connectivity index (χ4n) is 2.08. The highest BCUT2D eigenvalue weighted by Crippen LogP contribution is 2.29. The van der Waals surface area contributed by atoms with Crippen LogP contribution < -0.4 is 0 Å². The summed E-state index contributed by atoms with van der Waals surface area (Å²) < 4.78 is 0. The first-order valence-corrected chi connectivity index (χ1v) is 6.51. The van der Waals surface area contributed by atoms with Gasteiger partial charge in [0.05, 0.1) is 0 Å². The molecule has 0 heterocycles. The number of hydrogen-bond donors (Lipinski definition) is 3.